The maximum Gasteiger partial charge on any atom is 0.150 e. The van der Waals surface area contributed by atoms with Crippen molar-refractivity contribution in [2.24, 2.45) is 4.99 Å². The minimum absolute atomic E-state index is 0.104. The maximum absolute atomic E-state index is 11.7. The summed E-state index contributed by atoms with van der Waals surface area (Å²) in [7, 11) is 1.61. The molecule has 1 heterocycles. The first-order valence-electron chi connectivity index (χ1n) is 8.92. The highest BCUT2D eigenvalue weighted by Crippen LogP contribution is 2.46. The Hall–Kier alpha value is -2.59. The van der Waals surface area contributed by atoms with E-state index in [1.54, 1.807) is 24.9 Å². The van der Waals surface area contributed by atoms with Crippen LogP contribution in [0.1, 0.15) is 41.4 Å². The van der Waals surface area contributed by atoms with Crippen molar-refractivity contribution in [2.75, 3.05) is 7.11 Å². The van der Waals surface area contributed by atoms with Crippen molar-refractivity contribution >= 4 is 29.4 Å². The minimum Gasteiger partial charge on any atom is -0.497 e. The lowest BCUT2D eigenvalue weighted by Crippen LogP contribution is -2.07. The molecule has 1 aliphatic heterocycles. The van der Waals surface area contributed by atoms with Gasteiger partial charge in [-0.15, -0.1) is 11.8 Å². The van der Waals surface area contributed by atoms with Crippen LogP contribution in [0.2, 0.25) is 0 Å². The predicted octanol–water partition coefficient (Wildman–Crippen LogP) is 6.34. The fourth-order valence-corrected chi connectivity index (χ4v) is 4.33. The van der Waals surface area contributed by atoms with Gasteiger partial charge in [0, 0.05) is 27.8 Å². The molecule has 0 fully saturated rings. The van der Waals surface area contributed by atoms with Crippen LogP contribution < -0.4 is 4.74 Å². The van der Waals surface area contributed by atoms with Gasteiger partial charge in [0.05, 0.1) is 12.8 Å². The highest BCUT2D eigenvalue weighted by Gasteiger charge is 2.24. The Balaban J connectivity index is 2.08. The summed E-state index contributed by atoms with van der Waals surface area (Å²) >= 11 is 1.76. The summed E-state index contributed by atoms with van der Waals surface area (Å²) < 4.78 is 5.28. The van der Waals surface area contributed by atoms with Crippen molar-refractivity contribution < 1.29 is 9.53 Å². The standard InChI is InChI=1S/C23H23NO2S/c1-4-5-8-16(2)21-14-23(27-22-10-7-6-9-20(22)24-21)19-12-11-18(26-3)13-17(19)15-25/h4-13,15,23H,14H2,1-3H3/b5-4-,16-8+. The molecule has 1 atom stereocenters. The summed E-state index contributed by atoms with van der Waals surface area (Å²) in [5.41, 5.74) is 4.84. The minimum atomic E-state index is 0.104. The van der Waals surface area contributed by atoms with Crippen LogP contribution in [0.15, 0.2) is 76.2 Å². The number of ether oxygens (including phenoxy) is 1. The van der Waals surface area contributed by atoms with E-state index in [9.17, 15) is 4.79 Å². The molecule has 1 aliphatic rings. The van der Waals surface area contributed by atoms with Gasteiger partial charge in [-0.2, -0.15) is 0 Å². The van der Waals surface area contributed by atoms with Crippen molar-refractivity contribution in [3.63, 3.8) is 0 Å². The average Bonchev–Trinajstić information content (AvgIpc) is 2.91. The number of methoxy groups -OCH3 is 1. The number of allylic oxidation sites excluding steroid dienone is 4. The van der Waals surface area contributed by atoms with E-state index >= 15 is 0 Å². The zero-order valence-corrected chi connectivity index (χ0v) is 16.6. The smallest absolute Gasteiger partial charge is 0.150 e. The van der Waals surface area contributed by atoms with Crippen LogP contribution in [0.25, 0.3) is 0 Å². The number of rotatable bonds is 5. The van der Waals surface area contributed by atoms with Crippen molar-refractivity contribution in [2.45, 2.75) is 30.4 Å². The molecule has 0 aromatic heterocycles. The molecule has 0 N–H and O–H groups in total. The van der Waals surface area contributed by atoms with Gasteiger partial charge < -0.3 is 4.74 Å². The highest BCUT2D eigenvalue weighted by molar-refractivity contribution is 7.99. The van der Waals surface area contributed by atoms with Crippen molar-refractivity contribution in [1.82, 2.24) is 0 Å². The molecule has 1 unspecified atom stereocenters. The number of carbonyl (C=O) groups excluding carboxylic acids is 1. The Labute approximate surface area is 164 Å². The molecule has 27 heavy (non-hydrogen) atoms. The fraction of sp³-hybridized carbons (Fsp3) is 0.217. The Bertz CT molecular complexity index is 928. The number of benzene rings is 2. The van der Waals surface area contributed by atoms with Crippen LogP contribution in [0, 0.1) is 0 Å². The van der Waals surface area contributed by atoms with E-state index < -0.39 is 0 Å². The normalized spacial score (nSPS) is 17.2. The van der Waals surface area contributed by atoms with E-state index in [2.05, 4.69) is 19.1 Å². The molecule has 4 heteroatoms. The molecule has 0 saturated carbocycles. The quantitative estimate of drug-likeness (QED) is 0.451. The second kappa shape index (κ2) is 8.87. The molecule has 0 saturated heterocycles. The van der Waals surface area contributed by atoms with Crippen LogP contribution in [0.3, 0.4) is 0 Å². The first-order valence-corrected chi connectivity index (χ1v) is 9.80. The van der Waals surface area contributed by atoms with Crippen LogP contribution >= 0.6 is 11.8 Å². The van der Waals surface area contributed by atoms with Gasteiger partial charge in [-0.05, 0) is 49.2 Å². The highest BCUT2D eigenvalue weighted by atomic mass is 32.2. The van der Waals surface area contributed by atoms with Crippen LogP contribution in [0.5, 0.6) is 5.75 Å². The van der Waals surface area contributed by atoms with Gasteiger partial charge in [-0.1, -0.05) is 36.4 Å². The predicted molar refractivity (Wildman–Crippen MR) is 114 cm³/mol. The molecule has 2 aromatic rings. The van der Waals surface area contributed by atoms with E-state index in [-0.39, 0.29) is 5.25 Å². The number of fused-ring (bicyclic) bond motifs is 1. The first kappa shape index (κ1) is 19.2. The van der Waals surface area contributed by atoms with E-state index in [4.69, 9.17) is 9.73 Å². The number of carbonyl (C=O) groups is 1. The molecule has 3 rings (SSSR count). The third-order valence-corrected chi connectivity index (χ3v) is 5.83. The molecule has 2 aromatic carbocycles. The van der Waals surface area contributed by atoms with Crippen molar-refractivity contribution in [3.8, 4) is 5.75 Å². The Morgan fingerprint density at radius 2 is 2.07 bits per heavy atom. The first-order chi connectivity index (χ1) is 13.2. The zero-order chi connectivity index (χ0) is 19.2. The molecular formula is C23H23NO2S. The molecule has 0 radical (unpaired) electrons. The molecule has 138 valence electrons. The molecular weight excluding hydrogens is 354 g/mol. The van der Waals surface area contributed by atoms with Gasteiger partial charge in [0.15, 0.2) is 6.29 Å². The molecule has 0 bridgehead atoms. The Morgan fingerprint density at radius 1 is 1.26 bits per heavy atom. The zero-order valence-electron chi connectivity index (χ0n) is 15.8. The lowest BCUT2D eigenvalue weighted by atomic mass is 9.98. The van der Waals surface area contributed by atoms with Crippen LogP contribution in [-0.2, 0) is 0 Å². The molecule has 0 spiro atoms. The molecule has 3 nitrogen and oxygen atoms in total. The monoisotopic (exact) mass is 377 g/mol. The second-order valence-corrected chi connectivity index (χ2v) is 7.57. The number of aldehydes is 1. The van der Waals surface area contributed by atoms with Crippen molar-refractivity contribution in [1.29, 1.82) is 0 Å². The Kier molecular flexibility index (Phi) is 6.30. The third-order valence-electron chi connectivity index (χ3n) is 4.53. The summed E-state index contributed by atoms with van der Waals surface area (Å²) in [5.74, 6) is 0.693. The number of aliphatic imine (C=N–C) groups is 1. The molecule has 0 aliphatic carbocycles. The average molecular weight is 378 g/mol. The van der Waals surface area contributed by atoms with Crippen LogP contribution in [-0.4, -0.2) is 19.1 Å². The van der Waals surface area contributed by atoms with E-state index in [1.165, 1.54) is 0 Å². The Morgan fingerprint density at radius 3 is 2.81 bits per heavy atom. The summed E-state index contributed by atoms with van der Waals surface area (Å²) in [4.78, 5) is 17.8. The molecule has 0 amide bonds. The number of thioether (sulfide) groups is 1. The lowest BCUT2D eigenvalue weighted by Gasteiger charge is -2.18. The number of para-hydroxylation sites is 1. The van der Waals surface area contributed by atoms with E-state index in [0.29, 0.717) is 11.3 Å². The van der Waals surface area contributed by atoms with E-state index in [1.807, 2.05) is 49.4 Å². The van der Waals surface area contributed by atoms with Crippen LogP contribution in [0.4, 0.5) is 5.69 Å². The summed E-state index contributed by atoms with van der Waals surface area (Å²) in [6.45, 7) is 4.09. The largest absolute Gasteiger partial charge is 0.497 e. The van der Waals surface area contributed by atoms with Gasteiger partial charge in [0.25, 0.3) is 0 Å². The van der Waals surface area contributed by atoms with Crippen molar-refractivity contribution in [3.05, 3.63) is 77.4 Å². The van der Waals surface area contributed by atoms with Gasteiger partial charge in [0.2, 0.25) is 0 Å². The second-order valence-electron chi connectivity index (χ2n) is 6.33. The van der Waals surface area contributed by atoms with Gasteiger partial charge in [-0.3, -0.25) is 9.79 Å². The third kappa shape index (κ3) is 4.40. The summed E-state index contributed by atoms with van der Waals surface area (Å²) in [6, 6.07) is 13.9. The van der Waals surface area contributed by atoms with Gasteiger partial charge in [-0.25, -0.2) is 0 Å². The lowest BCUT2D eigenvalue weighted by molar-refractivity contribution is 0.112. The number of hydrogen-bond donors (Lipinski definition) is 0. The number of nitrogens with zero attached hydrogens (tertiary/aromatic N) is 1. The summed E-state index contributed by atoms with van der Waals surface area (Å²) in [5, 5.41) is 0.104. The SMILES string of the molecule is C/C=C\C=C(/C)C1=Nc2ccccc2SC(c2ccc(OC)cc2C=O)C1. The van der Waals surface area contributed by atoms with E-state index in [0.717, 1.165) is 40.1 Å². The van der Waals surface area contributed by atoms with Gasteiger partial charge in [0.1, 0.15) is 5.75 Å². The number of hydrogen-bond acceptors (Lipinski definition) is 4. The maximum atomic E-state index is 11.7. The fourth-order valence-electron chi connectivity index (χ4n) is 3.05. The summed E-state index contributed by atoms with van der Waals surface area (Å²) in [6.07, 6.45) is 7.79. The topological polar surface area (TPSA) is 38.7 Å². The van der Waals surface area contributed by atoms with Gasteiger partial charge >= 0.3 is 0 Å².